The Morgan fingerprint density at radius 3 is 2.69 bits per heavy atom. The summed E-state index contributed by atoms with van der Waals surface area (Å²) in [7, 11) is 1.90. The Labute approximate surface area is 205 Å². The predicted octanol–water partition coefficient (Wildman–Crippen LogP) is 2.54. The molecule has 2 fully saturated rings. The highest BCUT2D eigenvalue weighted by Crippen LogP contribution is 2.28. The fraction of sp³-hybridized carbons (Fsp3) is 0.462. The number of morpholine rings is 1. The van der Waals surface area contributed by atoms with Crippen molar-refractivity contribution in [3.63, 3.8) is 0 Å². The van der Waals surface area contributed by atoms with E-state index in [1.807, 2.05) is 18.0 Å². The number of anilines is 2. The van der Waals surface area contributed by atoms with Crippen molar-refractivity contribution in [2.75, 3.05) is 56.6 Å². The second-order valence-corrected chi connectivity index (χ2v) is 9.25. The Morgan fingerprint density at radius 1 is 1.20 bits per heavy atom. The number of hydrogen-bond donors (Lipinski definition) is 2. The molecule has 0 saturated carbocycles. The van der Waals surface area contributed by atoms with E-state index in [1.54, 1.807) is 19.3 Å². The van der Waals surface area contributed by atoms with Gasteiger partial charge in [0.25, 0.3) is 0 Å². The van der Waals surface area contributed by atoms with Gasteiger partial charge in [-0.3, -0.25) is 9.78 Å². The Bertz CT molecular complexity index is 1160. The number of benzene rings is 1. The van der Waals surface area contributed by atoms with Crippen molar-refractivity contribution in [3.8, 4) is 11.3 Å². The number of rotatable bonds is 6. The van der Waals surface area contributed by atoms with E-state index in [0.717, 1.165) is 73.7 Å². The molecule has 2 aromatic heterocycles. The number of fused-ring (bicyclic) bond motifs is 1. The minimum atomic E-state index is 0.0968. The molecule has 2 N–H and O–H groups in total. The largest absolute Gasteiger partial charge is 0.374 e. The van der Waals surface area contributed by atoms with E-state index in [2.05, 4.69) is 49.8 Å². The summed E-state index contributed by atoms with van der Waals surface area (Å²) in [4.78, 5) is 29.9. The molecular weight excluding hydrogens is 442 g/mol. The van der Waals surface area contributed by atoms with Gasteiger partial charge in [-0.25, -0.2) is 9.97 Å². The molecular formula is C26H33N7O2. The number of aromatic nitrogens is 3. The molecule has 0 unspecified atom stereocenters. The van der Waals surface area contributed by atoms with Crippen LogP contribution in [0.2, 0.25) is 0 Å². The van der Waals surface area contributed by atoms with Crippen LogP contribution >= 0.6 is 0 Å². The summed E-state index contributed by atoms with van der Waals surface area (Å²) in [6.45, 7) is 6.61. The Kier molecular flexibility index (Phi) is 7.06. The van der Waals surface area contributed by atoms with E-state index < -0.39 is 0 Å². The lowest BCUT2D eigenvalue weighted by molar-refractivity contribution is -0.129. The van der Waals surface area contributed by atoms with Gasteiger partial charge in [-0.15, -0.1) is 0 Å². The van der Waals surface area contributed by atoms with Crippen LogP contribution in [0.3, 0.4) is 0 Å². The normalized spacial score (nSPS) is 19.0. The predicted molar refractivity (Wildman–Crippen MR) is 138 cm³/mol. The second kappa shape index (κ2) is 10.5. The lowest BCUT2D eigenvalue weighted by Crippen LogP contribution is -2.45. The van der Waals surface area contributed by atoms with E-state index in [0.29, 0.717) is 12.6 Å². The maximum absolute atomic E-state index is 11.7. The van der Waals surface area contributed by atoms with Crippen LogP contribution in [0.4, 0.5) is 11.5 Å². The van der Waals surface area contributed by atoms with Crippen molar-refractivity contribution in [1.29, 1.82) is 0 Å². The summed E-state index contributed by atoms with van der Waals surface area (Å²) in [5.41, 5.74) is 4.65. The number of nitrogens with one attached hydrogen (secondary N) is 2. The third kappa shape index (κ3) is 5.36. The van der Waals surface area contributed by atoms with Crippen LogP contribution in [-0.2, 0) is 9.53 Å². The molecule has 0 spiro atoms. The monoisotopic (exact) mass is 475 g/mol. The molecule has 35 heavy (non-hydrogen) atoms. The zero-order chi connectivity index (χ0) is 24.2. The van der Waals surface area contributed by atoms with Crippen LogP contribution in [0.25, 0.3) is 22.3 Å². The summed E-state index contributed by atoms with van der Waals surface area (Å²) < 4.78 is 5.82. The van der Waals surface area contributed by atoms with E-state index in [1.165, 1.54) is 5.69 Å². The fourth-order valence-electron chi connectivity index (χ4n) is 4.82. The molecule has 3 aromatic rings. The molecule has 9 nitrogen and oxygen atoms in total. The molecule has 1 atom stereocenters. The number of carbonyl (C=O) groups is 1. The molecule has 1 amide bonds. The van der Waals surface area contributed by atoms with E-state index in [-0.39, 0.29) is 12.0 Å². The number of pyridine rings is 1. The van der Waals surface area contributed by atoms with Crippen LogP contribution < -0.4 is 15.5 Å². The lowest BCUT2D eigenvalue weighted by Gasteiger charge is -2.37. The molecule has 2 saturated heterocycles. The van der Waals surface area contributed by atoms with Crippen molar-refractivity contribution < 1.29 is 9.53 Å². The number of nitrogens with zero attached hydrogens (tertiary/aromatic N) is 5. The van der Waals surface area contributed by atoms with Gasteiger partial charge in [-0.2, -0.15) is 0 Å². The summed E-state index contributed by atoms with van der Waals surface area (Å²) in [6, 6.07) is 10.9. The second-order valence-electron chi connectivity index (χ2n) is 9.25. The molecule has 1 aromatic carbocycles. The van der Waals surface area contributed by atoms with Crippen molar-refractivity contribution in [3.05, 3.63) is 42.7 Å². The van der Waals surface area contributed by atoms with Crippen LogP contribution in [0.15, 0.2) is 42.7 Å². The first-order valence-electron chi connectivity index (χ1n) is 12.4. The Balaban J connectivity index is 1.31. The van der Waals surface area contributed by atoms with Gasteiger partial charge in [0.15, 0.2) is 5.82 Å². The van der Waals surface area contributed by atoms with Gasteiger partial charge >= 0.3 is 0 Å². The molecule has 0 bridgehead atoms. The van der Waals surface area contributed by atoms with Gasteiger partial charge < -0.3 is 25.2 Å². The minimum absolute atomic E-state index is 0.0968. The smallest absolute Gasteiger partial charge is 0.219 e. The molecule has 0 aliphatic carbocycles. The molecule has 2 aliphatic rings. The lowest BCUT2D eigenvalue weighted by atomic mass is 10.0. The quantitative estimate of drug-likeness (QED) is 0.562. The maximum Gasteiger partial charge on any atom is 0.219 e. The highest BCUT2D eigenvalue weighted by molar-refractivity contribution is 5.88. The van der Waals surface area contributed by atoms with Crippen LogP contribution in [0, 0.1) is 0 Å². The summed E-state index contributed by atoms with van der Waals surface area (Å²) in [5.74, 6) is 0.859. The summed E-state index contributed by atoms with van der Waals surface area (Å²) in [5, 5.41) is 6.79. The SMILES string of the molecule is CC(=O)N(C)C1CCN(c2ccc(-c3cc4nccnc4c(NC[C@@H]4CNCCO4)n3)cc2)CC1. The number of carbonyl (C=O) groups excluding carboxylic acids is 1. The topological polar surface area (TPSA) is 95.5 Å². The van der Waals surface area contributed by atoms with Gasteiger partial charge in [-0.05, 0) is 31.0 Å². The standard InChI is InChI=1S/C26H33N7O2/c1-18(34)32(2)20-7-12-33(13-8-20)21-5-3-19(4-6-21)23-15-24-25(29-10-9-28-24)26(31-23)30-17-22-16-27-11-14-35-22/h3-6,9-10,15,20,22,27H,7-8,11-14,16-17H2,1-2H3,(H,30,31)/t22-/m0/s1. The van der Waals surface area contributed by atoms with Crippen molar-refractivity contribution in [2.24, 2.45) is 0 Å². The Morgan fingerprint density at radius 2 is 1.97 bits per heavy atom. The van der Waals surface area contributed by atoms with Crippen LogP contribution in [0.5, 0.6) is 0 Å². The summed E-state index contributed by atoms with van der Waals surface area (Å²) >= 11 is 0. The zero-order valence-corrected chi connectivity index (χ0v) is 20.4. The first-order valence-corrected chi connectivity index (χ1v) is 12.4. The average molecular weight is 476 g/mol. The number of piperidine rings is 1. The average Bonchev–Trinajstić information content (AvgIpc) is 2.92. The Hall–Kier alpha value is -3.30. The molecule has 4 heterocycles. The molecule has 184 valence electrons. The fourth-order valence-corrected chi connectivity index (χ4v) is 4.82. The zero-order valence-electron chi connectivity index (χ0n) is 20.4. The van der Waals surface area contributed by atoms with Gasteiger partial charge in [0, 0.05) is 76.4 Å². The third-order valence-electron chi connectivity index (χ3n) is 7.00. The van der Waals surface area contributed by atoms with Gasteiger partial charge in [0.2, 0.25) is 5.91 Å². The first-order chi connectivity index (χ1) is 17.1. The van der Waals surface area contributed by atoms with Crippen molar-refractivity contribution in [1.82, 2.24) is 25.2 Å². The number of hydrogen-bond acceptors (Lipinski definition) is 8. The van der Waals surface area contributed by atoms with Crippen molar-refractivity contribution >= 4 is 28.4 Å². The van der Waals surface area contributed by atoms with Gasteiger partial charge in [0.1, 0.15) is 5.52 Å². The molecule has 9 heteroatoms. The number of ether oxygens (including phenoxy) is 1. The maximum atomic E-state index is 11.7. The first kappa shape index (κ1) is 23.4. The highest BCUT2D eigenvalue weighted by atomic mass is 16.5. The van der Waals surface area contributed by atoms with E-state index in [4.69, 9.17) is 9.72 Å². The van der Waals surface area contributed by atoms with E-state index in [9.17, 15) is 4.79 Å². The van der Waals surface area contributed by atoms with E-state index >= 15 is 0 Å². The summed E-state index contributed by atoms with van der Waals surface area (Å²) in [6.07, 6.45) is 5.47. The third-order valence-corrected chi connectivity index (χ3v) is 7.00. The number of amides is 1. The minimum Gasteiger partial charge on any atom is -0.374 e. The molecule has 5 rings (SSSR count). The van der Waals surface area contributed by atoms with Crippen LogP contribution in [-0.4, -0.2) is 84.3 Å². The van der Waals surface area contributed by atoms with Crippen molar-refractivity contribution in [2.45, 2.75) is 31.9 Å². The van der Waals surface area contributed by atoms with Crippen LogP contribution in [0.1, 0.15) is 19.8 Å². The molecule has 0 radical (unpaired) electrons. The van der Waals surface area contributed by atoms with Gasteiger partial charge in [0.05, 0.1) is 23.9 Å². The molecule has 2 aliphatic heterocycles. The van der Waals surface area contributed by atoms with Gasteiger partial charge in [-0.1, -0.05) is 12.1 Å². The highest BCUT2D eigenvalue weighted by Gasteiger charge is 2.24.